The Morgan fingerprint density at radius 1 is 0.400 bits per heavy atom. The molecular weight excluding hydrogens is 685 g/mol. The average Bonchev–Trinajstić information content (AvgIpc) is 3.18. The van der Waals surface area contributed by atoms with Gasteiger partial charge >= 0.3 is 17.9 Å². The summed E-state index contributed by atoms with van der Waals surface area (Å²) in [5.41, 5.74) is 0. The monoisotopic (exact) mass is 763 g/mol. The zero-order chi connectivity index (χ0) is 40.1. The van der Waals surface area contributed by atoms with Crippen LogP contribution in [0.3, 0.4) is 0 Å². The Morgan fingerprint density at radius 3 is 1.40 bits per heavy atom. The highest BCUT2D eigenvalue weighted by Gasteiger charge is 2.19. The molecule has 0 aromatic heterocycles. The highest BCUT2D eigenvalue weighted by atomic mass is 16.6. The largest absolute Gasteiger partial charge is 0.462 e. The summed E-state index contributed by atoms with van der Waals surface area (Å²) in [5.74, 6) is -1.01. The smallest absolute Gasteiger partial charge is 0.306 e. The Labute approximate surface area is 337 Å². The third-order valence-electron chi connectivity index (χ3n) is 8.65. The van der Waals surface area contributed by atoms with E-state index in [1.54, 1.807) is 0 Å². The topological polar surface area (TPSA) is 78.9 Å². The maximum atomic E-state index is 12.7. The third kappa shape index (κ3) is 41.3. The SMILES string of the molecule is CC\C=C/C=C\C=C/C=C\CCCCCCCC(=O)OCC(COC(=O)CCCCCCC/C=C\CCCC)OC(=O)CCC/C=C\C/C=C\C/C=C\CC. The molecule has 0 N–H and O–H groups in total. The summed E-state index contributed by atoms with van der Waals surface area (Å²) in [6, 6.07) is 0. The predicted octanol–water partition coefficient (Wildman–Crippen LogP) is 13.9. The molecule has 1 unspecified atom stereocenters. The standard InChI is InChI=1S/C49H78O6/c1-4-7-10-13-16-19-22-23-24-25-28-30-33-36-39-42-48(51)54-45-46(55-49(52)43-40-37-34-31-27-21-18-15-12-9-6-3)44-53-47(50)41-38-35-32-29-26-20-17-14-11-8-5-2/h7,9-10,12-14,16-19,21-24,31,34,46H,4-6,8,11,15,20,25-30,32-33,35-45H2,1-3H3/b10-7-,12-9-,16-13-,17-14-,21-18-,22-19-,24-23-,34-31-. The van der Waals surface area contributed by atoms with Gasteiger partial charge in [-0.1, -0.05) is 169 Å². The van der Waals surface area contributed by atoms with Crippen LogP contribution in [0.25, 0.3) is 0 Å². The van der Waals surface area contributed by atoms with E-state index in [2.05, 4.69) is 93.7 Å². The Morgan fingerprint density at radius 2 is 0.818 bits per heavy atom. The number of esters is 3. The van der Waals surface area contributed by atoms with Crippen molar-refractivity contribution in [2.45, 2.75) is 181 Å². The van der Waals surface area contributed by atoms with Gasteiger partial charge in [-0.05, 0) is 83.5 Å². The molecule has 0 aliphatic heterocycles. The van der Waals surface area contributed by atoms with Crippen LogP contribution < -0.4 is 0 Å². The van der Waals surface area contributed by atoms with E-state index in [4.69, 9.17) is 14.2 Å². The Balaban J connectivity index is 4.51. The molecule has 0 aromatic carbocycles. The van der Waals surface area contributed by atoms with Gasteiger partial charge in [-0.15, -0.1) is 0 Å². The van der Waals surface area contributed by atoms with E-state index in [0.717, 1.165) is 103 Å². The molecule has 0 saturated carbocycles. The van der Waals surface area contributed by atoms with Crippen molar-refractivity contribution in [3.05, 3.63) is 97.2 Å². The first-order valence-corrected chi connectivity index (χ1v) is 21.8. The predicted molar refractivity (Wildman–Crippen MR) is 233 cm³/mol. The van der Waals surface area contributed by atoms with Crippen molar-refractivity contribution < 1.29 is 28.6 Å². The number of rotatable bonds is 37. The fraction of sp³-hybridized carbons (Fsp3) is 0.612. The minimum absolute atomic E-state index is 0.112. The van der Waals surface area contributed by atoms with Gasteiger partial charge in [-0.3, -0.25) is 14.4 Å². The number of hydrogen-bond donors (Lipinski definition) is 0. The van der Waals surface area contributed by atoms with E-state index in [9.17, 15) is 14.4 Å². The lowest BCUT2D eigenvalue weighted by atomic mass is 10.1. The number of hydrogen-bond acceptors (Lipinski definition) is 6. The van der Waals surface area contributed by atoms with Crippen molar-refractivity contribution >= 4 is 17.9 Å². The molecule has 0 amide bonds. The van der Waals surface area contributed by atoms with Crippen LogP contribution in [0, 0.1) is 0 Å². The molecule has 1 atom stereocenters. The average molecular weight is 763 g/mol. The first-order chi connectivity index (χ1) is 27.0. The summed E-state index contributed by atoms with van der Waals surface area (Å²) in [4.78, 5) is 37.6. The molecule has 0 aliphatic rings. The molecule has 0 heterocycles. The molecule has 0 saturated heterocycles. The molecule has 0 fully saturated rings. The number of allylic oxidation sites excluding steroid dienone is 16. The van der Waals surface area contributed by atoms with Gasteiger partial charge in [0.15, 0.2) is 6.10 Å². The fourth-order valence-electron chi connectivity index (χ4n) is 5.40. The van der Waals surface area contributed by atoms with Crippen LogP contribution in [0.5, 0.6) is 0 Å². The molecule has 6 heteroatoms. The second-order valence-electron chi connectivity index (χ2n) is 13.9. The van der Waals surface area contributed by atoms with Crippen LogP contribution in [0.4, 0.5) is 0 Å². The van der Waals surface area contributed by atoms with Gasteiger partial charge in [-0.2, -0.15) is 0 Å². The second-order valence-corrected chi connectivity index (χ2v) is 13.9. The summed E-state index contributed by atoms with van der Waals surface area (Å²) in [6.07, 6.45) is 55.4. The van der Waals surface area contributed by atoms with Gasteiger partial charge in [0, 0.05) is 19.3 Å². The lowest BCUT2D eigenvalue weighted by Gasteiger charge is -2.18. The van der Waals surface area contributed by atoms with Crippen LogP contribution in [0.2, 0.25) is 0 Å². The summed E-state index contributed by atoms with van der Waals surface area (Å²) < 4.78 is 16.6. The third-order valence-corrected chi connectivity index (χ3v) is 8.65. The lowest BCUT2D eigenvalue weighted by molar-refractivity contribution is -0.167. The van der Waals surface area contributed by atoms with Crippen LogP contribution in [-0.2, 0) is 28.6 Å². The van der Waals surface area contributed by atoms with Crippen LogP contribution in [0.15, 0.2) is 97.2 Å². The van der Waals surface area contributed by atoms with E-state index in [-0.39, 0.29) is 37.5 Å². The minimum Gasteiger partial charge on any atom is -0.462 e. The van der Waals surface area contributed by atoms with Crippen molar-refractivity contribution in [2.24, 2.45) is 0 Å². The molecule has 0 radical (unpaired) electrons. The fourth-order valence-corrected chi connectivity index (χ4v) is 5.40. The van der Waals surface area contributed by atoms with Gasteiger partial charge in [0.25, 0.3) is 0 Å². The summed E-state index contributed by atoms with van der Waals surface area (Å²) in [5, 5.41) is 0. The number of carbonyl (C=O) groups is 3. The highest BCUT2D eigenvalue weighted by molar-refractivity contribution is 5.71. The number of carbonyl (C=O) groups excluding carboxylic acids is 3. The Bertz CT molecular complexity index is 1150. The molecule has 0 spiro atoms. The molecule has 6 nitrogen and oxygen atoms in total. The Kier molecular flexibility index (Phi) is 40.2. The van der Waals surface area contributed by atoms with Crippen LogP contribution in [-0.4, -0.2) is 37.2 Å². The number of unbranched alkanes of at least 4 members (excludes halogenated alkanes) is 13. The molecule has 0 bridgehead atoms. The molecule has 0 aliphatic carbocycles. The lowest BCUT2D eigenvalue weighted by Crippen LogP contribution is -2.30. The van der Waals surface area contributed by atoms with E-state index in [1.807, 2.05) is 24.3 Å². The maximum Gasteiger partial charge on any atom is 0.306 e. The Hall–Kier alpha value is -3.67. The van der Waals surface area contributed by atoms with E-state index >= 15 is 0 Å². The van der Waals surface area contributed by atoms with Crippen molar-refractivity contribution in [2.75, 3.05) is 13.2 Å². The van der Waals surface area contributed by atoms with Gasteiger partial charge in [0.1, 0.15) is 13.2 Å². The first kappa shape index (κ1) is 51.3. The van der Waals surface area contributed by atoms with E-state index in [1.165, 1.54) is 25.7 Å². The van der Waals surface area contributed by atoms with E-state index < -0.39 is 6.10 Å². The van der Waals surface area contributed by atoms with Crippen molar-refractivity contribution in [3.8, 4) is 0 Å². The van der Waals surface area contributed by atoms with Gasteiger partial charge in [0.05, 0.1) is 0 Å². The molecule has 0 aromatic rings. The van der Waals surface area contributed by atoms with Crippen molar-refractivity contribution in [1.29, 1.82) is 0 Å². The zero-order valence-electron chi connectivity index (χ0n) is 35.1. The second kappa shape index (κ2) is 43.1. The summed E-state index contributed by atoms with van der Waals surface area (Å²) in [6.45, 7) is 6.23. The number of ether oxygens (including phenoxy) is 3. The van der Waals surface area contributed by atoms with Crippen molar-refractivity contribution in [3.63, 3.8) is 0 Å². The molecule has 0 rings (SSSR count). The van der Waals surface area contributed by atoms with Crippen LogP contribution in [0.1, 0.15) is 175 Å². The first-order valence-electron chi connectivity index (χ1n) is 21.8. The molecule has 310 valence electrons. The van der Waals surface area contributed by atoms with Gasteiger partial charge in [0.2, 0.25) is 0 Å². The van der Waals surface area contributed by atoms with E-state index in [0.29, 0.717) is 19.3 Å². The maximum absolute atomic E-state index is 12.7. The molecule has 55 heavy (non-hydrogen) atoms. The zero-order valence-corrected chi connectivity index (χ0v) is 35.1. The highest BCUT2D eigenvalue weighted by Crippen LogP contribution is 2.12. The summed E-state index contributed by atoms with van der Waals surface area (Å²) in [7, 11) is 0. The molecular formula is C49H78O6. The minimum atomic E-state index is -0.815. The van der Waals surface area contributed by atoms with Crippen LogP contribution >= 0.6 is 0 Å². The normalized spacial score (nSPS) is 13.0. The van der Waals surface area contributed by atoms with Gasteiger partial charge < -0.3 is 14.2 Å². The quantitative estimate of drug-likeness (QED) is 0.0206. The van der Waals surface area contributed by atoms with Gasteiger partial charge in [-0.25, -0.2) is 0 Å². The summed E-state index contributed by atoms with van der Waals surface area (Å²) >= 11 is 0. The van der Waals surface area contributed by atoms with Crippen molar-refractivity contribution in [1.82, 2.24) is 0 Å².